The van der Waals surface area contributed by atoms with Crippen LogP contribution in [-0.4, -0.2) is 18.9 Å². The zero-order chi connectivity index (χ0) is 22.3. The fourth-order valence-electron chi connectivity index (χ4n) is 3.56. The van der Waals surface area contributed by atoms with Gasteiger partial charge >= 0.3 is 0 Å². The molecule has 0 aliphatic rings. The highest BCUT2D eigenvalue weighted by Crippen LogP contribution is 2.32. The topological polar surface area (TPSA) is 80.6 Å². The van der Waals surface area contributed by atoms with E-state index in [1.54, 1.807) is 24.3 Å². The molecule has 6 heteroatoms. The number of carbonyl (C=O) groups is 2. The van der Waals surface area contributed by atoms with Crippen LogP contribution in [0.2, 0.25) is 0 Å². The number of carbonyl (C=O) groups excluding carboxylic acids is 2. The summed E-state index contributed by atoms with van der Waals surface area (Å²) >= 11 is 0. The van der Waals surface area contributed by atoms with Crippen molar-refractivity contribution in [1.29, 1.82) is 0 Å². The monoisotopic (exact) mass is 428 g/mol. The van der Waals surface area contributed by atoms with Gasteiger partial charge in [0.15, 0.2) is 0 Å². The predicted octanol–water partition coefficient (Wildman–Crippen LogP) is 5.66. The van der Waals surface area contributed by atoms with Crippen LogP contribution >= 0.6 is 0 Å². The Hall–Kier alpha value is -4.06. The van der Waals surface area contributed by atoms with E-state index in [2.05, 4.69) is 10.6 Å². The van der Waals surface area contributed by atoms with E-state index in [0.717, 1.165) is 6.42 Å². The summed E-state index contributed by atoms with van der Waals surface area (Å²) in [6.45, 7) is 0. The zero-order valence-electron chi connectivity index (χ0n) is 17.8. The lowest BCUT2D eigenvalue weighted by Crippen LogP contribution is -2.17. The van der Waals surface area contributed by atoms with E-state index in [0.29, 0.717) is 40.9 Å². The second-order valence-electron chi connectivity index (χ2n) is 7.34. The van der Waals surface area contributed by atoms with Gasteiger partial charge < -0.3 is 19.8 Å². The average molecular weight is 428 g/mol. The van der Waals surface area contributed by atoms with Gasteiger partial charge in [0.2, 0.25) is 11.7 Å². The number of benzene rings is 3. The van der Waals surface area contributed by atoms with Crippen molar-refractivity contribution in [2.75, 3.05) is 17.7 Å². The number of para-hydroxylation sites is 3. The van der Waals surface area contributed by atoms with E-state index in [9.17, 15) is 9.59 Å². The van der Waals surface area contributed by atoms with Crippen LogP contribution in [0.15, 0.2) is 83.3 Å². The molecule has 6 nitrogen and oxygen atoms in total. The molecule has 0 bridgehead atoms. The summed E-state index contributed by atoms with van der Waals surface area (Å²) in [5.41, 5.74) is 2.60. The summed E-state index contributed by atoms with van der Waals surface area (Å²) in [6.07, 6.45) is 1.85. The van der Waals surface area contributed by atoms with Gasteiger partial charge in [0.05, 0.1) is 12.8 Å². The molecular formula is C26H24N2O4. The smallest absolute Gasteiger partial charge is 0.293 e. The maximum atomic E-state index is 13.0. The van der Waals surface area contributed by atoms with E-state index >= 15 is 0 Å². The molecule has 4 rings (SSSR count). The third kappa shape index (κ3) is 4.81. The molecule has 1 heterocycles. The highest BCUT2D eigenvalue weighted by molar-refractivity contribution is 6.14. The first kappa shape index (κ1) is 21.2. The van der Waals surface area contributed by atoms with Gasteiger partial charge in [-0.25, -0.2) is 0 Å². The van der Waals surface area contributed by atoms with E-state index < -0.39 is 5.91 Å². The molecule has 0 unspecified atom stereocenters. The van der Waals surface area contributed by atoms with Crippen molar-refractivity contribution < 1.29 is 18.7 Å². The number of aryl methyl sites for hydroxylation is 1. The highest BCUT2D eigenvalue weighted by atomic mass is 16.5. The Morgan fingerprint density at radius 2 is 1.59 bits per heavy atom. The number of fused-ring (bicyclic) bond motifs is 1. The van der Waals surface area contributed by atoms with Crippen LogP contribution in [0.25, 0.3) is 11.0 Å². The summed E-state index contributed by atoms with van der Waals surface area (Å²) in [5, 5.41) is 6.37. The summed E-state index contributed by atoms with van der Waals surface area (Å²) in [6, 6.07) is 24.4. The molecule has 0 saturated heterocycles. The van der Waals surface area contributed by atoms with Crippen LogP contribution in [0.1, 0.15) is 29.0 Å². The number of hydrogen-bond donors (Lipinski definition) is 2. The number of furan rings is 1. The minimum atomic E-state index is -0.467. The first-order valence-corrected chi connectivity index (χ1v) is 10.5. The lowest BCUT2D eigenvalue weighted by molar-refractivity contribution is -0.116. The number of ether oxygens (including phenoxy) is 1. The van der Waals surface area contributed by atoms with Gasteiger partial charge in [0, 0.05) is 11.8 Å². The highest BCUT2D eigenvalue weighted by Gasteiger charge is 2.23. The molecule has 1 aromatic heterocycles. The number of rotatable bonds is 8. The molecular weight excluding hydrogens is 404 g/mol. The number of nitrogens with one attached hydrogen (secondary N) is 2. The van der Waals surface area contributed by atoms with Gasteiger partial charge in [0.1, 0.15) is 17.0 Å². The van der Waals surface area contributed by atoms with Crippen LogP contribution in [0.4, 0.5) is 11.4 Å². The van der Waals surface area contributed by atoms with Crippen LogP contribution in [0.5, 0.6) is 5.75 Å². The Morgan fingerprint density at radius 1 is 0.875 bits per heavy atom. The maximum Gasteiger partial charge on any atom is 0.293 e. The second-order valence-corrected chi connectivity index (χ2v) is 7.34. The minimum Gasteiger partial charge on any atom is -0.495 e. The van der Waals surface area contributed by atoms with Crippen molar-refractivity contribution >= 4 is 34.2 Å². The third-order valence-corrected chi connectivity index (χ3v) is 5.13. The fraction of sp³-hybridized carbons (Fsp3) is 0.154. The van der Waals surface area contributed by atoms with E-state index in [4.69, 9.17) is 9.15 Å². The molecule has 3 aromatic carbocycles. The molecule has 162 valence electrons. The quantitative estimate of drug-likeness (QED) is 0.380. The predicted molar refractivity (Wildman–Crippen MR) is 125 cm³/mol. The molecule has 2 amide bonds. The summed E-state index contributed by atoms with van der Waals surface area (Å²) < 4.78 is 11.1. The van der Waals surface area contributed by atoms with Gasteiger partial charge in [-0.2, -0.15) is 0 Å². The summed E-state index contributed by atoms with van der Waals surface area (Å²) in [7, 11) is 1.53. The maximum absolute atomic E-state index is 13.0. The number of methoxy groups -OCH3 is 1. The Balaban J connectivity index is 1.52. The second kappa shape index (κ2) is 9.83. The first-order chi connectivity index (χ1) is 15.7. The molecule has 0 aliphatic heterocycles. The van der Waals surface area contributed by atoms with Gasteiger partial charge in [-0.15, -0.1) is 0 Å². The van der Waals surface area contributed by atoms with E-state index in [1.165, 1.54) is 12.7 Å². The Kier molecular flexibility index (Phi) is 6.51. The first-order valence-electron chi connectivity index (χ1n) is 10.5. The van der Waals surface area contributed by atoms with Crippen molar-refractivity contribution in [3.8, 4) is 5.75 Å². The van der Waals surface area contributed by atoms with Crippen LogP contribution in [0, 0.1) is 0 Å². The minimum absolute atomic E-state index is 0.0496. The normalized spacial score (nSPS) is 10.7. The van der Waals surface area contributed by atoms with E-state index in [1.807, 2.05) is 54.6 Å². The van der Waals surface area contributed by atoms with Crippen LogP contribution in [-0.2, 0) is 11.2 Å². The van der Waals surface area contributed by atoms with Crippen molar-refractivity contribution in [1.82, 2.24) is 0 Å². The lowest BCUT2D eigenvalue weighted by Gasteiger charge is -2.10. The van der Waals surface area contributed by atoms with Gasteiger partial charge in [-0.05, 0) is 42.7 Å². The van der Waals surface area contributed by atoms with Gasteiger partial charge in [0.25, 0.3) is 5.91 Å². The lowest BCUT2D eigenvalue weighted by atomic mass is 10.1. The average Bonchev–Trinajstić information content (AvgIpc) is 3.18. The van der Waals surface area contributed by atoms with Crippen molar-refractivity contribution in [3.05, 3.63) is 90.2 Å². The largest absolute Gasteiger partial charge is 0.495 e. The Morgan fingerprint density at radius 3 is 2.41 bits per heavy atom. The Bertz CT molecular complexity index is 1230. The number of amides is 2. The Labute approximate surface area is 186 Å². The van der Waals surface area contributed by atoms with Gasteiger partial charge in [-0.1, -0.05) is 54.6 Å². The standard InChI is InChI=1S/C26H24N2O4/c1-31-22-16-8-6-14-20(22)27-26(30)25-24(19-13-5-7-15-21(19)32-25)28-23(29)17-9-12-18-10-3-2-4-11-18/h2-8,10-11,13-16H,9,12,17H2,1H3,(H,27,30)(H,28,29). The summed E-state index contributed by atoms with van der Waals surface area (Å²) in [4.78, 5) is 25.7. The van der Waals surface area contributed by atoms with Crippen molar-refractivity contribution in [2.24, 2.45) is 0 Å². The molecule has 32 heavy (non-hydrogen) atoms. The van der Waals surface area contributed by atoms with Crippen LogP contribution in [0.3, 0.4) is 0 Å². The molecule has 0 saturated carbocycles. The zero-order valence-corrected chi connectivity index (χ0v) is 17.8. The molecule has 0 atom stereocenters. The fourth-order valence-corrected chi connectivity index (χ4v) is 3.56. The number of hydrogen-bond acceptors (Lipinski definition) is 4. The van der Waals surface area contributed by atoms with Crippen molar-refractivity contribution in [3.63, 3.8) is 0 Å². The van der Waals surface area contributed by atoms with Gasteiger partial charge in [-0.3, -0.25) is 9.59 Å². The molecule has 0 radical (unpaired) electrons. The SMILES string of the molecule is COc1ccccc1NC(=O)c1oc2ccccc2c1NC(=O)CCCc1ccccc1. The molecule has 0 spiro atoms. The van der Waals surface area contributed by atoms with E-state index in [-0.39, 0.29) is 11.7 Å². The molecule has 4 aromatic rings. The number of anilines is 2. The molecule has 0 aliphatic carbocycles. The van der Waals surface area contributed by atoms with Crippen molar-refractivity contribution in [2.45, 2.75) is 19.3 Å². The van der Waals surface area contributed by atoms with Crippen LogP contribution < -0.4 is 15.4 Å². The molecule has 0 fully saturated rings. The molecule has 2 N–H and O–H groups in total. The third-order valence-electron chi connectivity index (χ3n) is 5.13. The summed E-state index contributed by atoms with van der Waals surface area (Å²) in [5.74, 6) is -0.0546.